The van der Waals surface area contributed by atoms with Gasteiger partial charge >= 0.3 is 0 Å². The van der Waals surface area contributed by atoms with Crippen molar-refractivity contribution < 1.29 is 9.47 Å². The van der Waals surface area contributed by atoms with Crippen LogP contribution in [0.5, 0.6) is 11.5 Å². The minimum Gasteiger partial charge on any atom is -0.486 e. The van der Waals surface area contributed by atoms with Gasteiger partial charge in [0.15, 0.2) is 11.5 Å². The number of hydrogen-bond acceptors (Lipinski definition) is 4. The van der Waals surface area contributed by atoms with E-state index in [0.717, 1.165) is 29.5 Å². The second-order valence-corrected chi connectivity index (χ2v) is 3.92. The third-order valence-corrected chi connectivity index (χ3v) is 2.60. The Hall–Kier alpha value is -1.03. The quantitative estimate of drug-likeness (QED) is 0.793. The molecular formula is C11H15NO2S. The molecule has 0 aliphatic carbocycles. The maximum absolute atomic E-state index is 5.52. The maximum atomic E-state index is 5.52. The van der Waals surface area contributed by atoms with Gasteiger partial charge < -0.3 is 14.4 Å². The predicted octanol–water partition coefficient (Wildman–Crippen LogP) is 1.82. The largest absolute Gasteiger partial charge is 0.486 e. The summed E-state index contributed by atoms with van der Waals surface area (Å²) in [6.07, 6.45) is 0. The van der Waals surface area contributed by atoms with Crippen molar-refractivity contribution in [3.8, 4) is 11.5 Å². The van der Waals surface area contributed by atoms with Crippen molar-refractivity contribution in [1.82, 2.24) is 0 Å². The monoisotopic (exact) mass is 225 g/mol. The molecule has 4 heteroatoms. The molecule has 0 radical (unpaired) electrons. The molecule has 1 heterocycles. The zero-order chi connectivity index (χ0) is 10.7. The second-order valence-electron chi connectivity index (χ2n) is 3.47. The molecule has 1 aromatic rings. The van der Waals surface area contributed by atoms with Crippen LogP contribution >= 0.6 is 12.6 Å². The lowest BCUT2D eigenvalue weighted by Crippen LogP contribution is -2.20. The van der Waals surface area contributed by atoms with Gasteiger partial charge in [-0.25, -0.2) is 0 Å². The van der Waals surface area contributed by atoms with Crippen molar-refractivity contribution in [2.75, 3.05) is 37.5 Å². The van der Waals surface area contributed by atoms with E-state index in [1.165, 1.54) is 0 Å². The molecule has 0 amide bonds. The van der Waals surface area contributed by atoms with Crippen LogP contribution in [0.25, 0.3) is 0 Å². The summed E-state index contributed by atoms with van der Waals surface area (Å²) >= 11 is 4.21. The first-order valence-corrected chi connectivity index (χ1v) is 5.66. The molecule has 0 fully saturated rings. The summed E-state index contributed by atoms with van der Waals surface area (Å²) in [6.45, 7) is 2.19. The average molecular weight is 225 g/mol. The predicted molar refractivity (Wildman–Crippen MR) is 64.6 cm³/mol. The Morgan fingerprint density at radius 1 is 1.27 bits per heavy atom. The van der Waals surface area contributed by atoms with Crippen LogP contribution in [0.4, 0.5) is 5.69 Å². The normalized spacial score (nSPS) is 13.7. The third kappa shape index (κ3) is 2.31. The zero-order valence-electron chi connectivity index (χ0n) is 8.77. The highest BCUT2D eigenvalue weighted by Crippen LogP contribution is 2.33. The Labute approximate surface area is 95.4 Å². The summed E-state index contributed by atoms with van der Waals surface area (Å²) in [6, 6.07) is 6.01. The van der Waals surface area contributed by atoms with Gasteiger partial charge in [0.1, 0.15) is 13.2 Å². The van der Waals surface area contributed by atoms with Crippen LogP contribution in [-0.2, 0) is 0 Å². The van der Waals surface area contributed by atoms with E-state index in [-0.39, 0.29) is 0 Å². The molecule has 1 aliphatic rings. The Morgan fingerprint density at radius 3 is 2.73 bits per heavy atom. The fourth-order valence-corrected chi connectivity index (χ4v) is 1.85. The number of thiol groups is 1. The highest BCUT2D eigenvalue weighted by Gasteiger charge is 2.12. The van der Waals surface area contributed by atoms with Gasteiger partial charge in [0.2, 0.25) is 0 Å². The number of ether oxygens (including phenoxy) is 2. The standard InChI is InChI=1S/C11H15NO2S/c1-12(4-7-15)9-2-3-10-11(8-9)14-6-5-13-10/h2-3,8,15H,4-7H2,1H3. The van der Waals surface area contributed by atoms with Gasteiger partial charge in [0.25, 0.3) is 0 Å². The first kappa shape index (κ1) is 10.5. The molecule has 0 atom stereocenters. The highest BCUT2D eigenvalue weighted by molar-refractivity contribution is 7.80. The van der Waals surface area contributed by atoms with Crippen LogP contribution in [0.2, 0.25) is 0 Å². The molecule has 0 saturated heterocycles. The summed E-state index contributed by atoms with van der Waals surface area (Å²) in [5.74, 6) is 2.51. The minimum absolute atomic E-state index is 0.632. The van der Waals surface area contributed by atoms with E-state index in [0.29, 0.717) is 13.2 Å². The SMILES string of the molecule is CN(CCS)c1ccc2c(c1)OCCO2. The van der Waals surface area contributed by atoms with Crippen LogP contribution in [0, 0.1) is 0 Å². The molecule has 0 unspecified atom stereocenters. The Morgan fingerprint density at radius 2 is 2.00 bits per heavy atom. The number of fused-ring (bicyclic) bond motifs is 1. The number of nitrogens with zero attached hydrogens (tertiary/aromatic N) is 1. The summed E-state index contributed by atoms with van der Waals surface area (Å²) in [5.41, 5.74) is 1.13. The summed E-state index contributed by atoms with van der Waals surface area (Å²) in [7, 11) is 2.04. The summed E-state index contributed by atoms with van der Waals surface area (Å²) < 4.78 is 11.0. The molecule has 1 aliphatic heterocycles. The van der Waals surface area contributed by atoms with Crippen LogP contribution in [0.3, 0.4) is 0 Å². The van der Waals surface area contributed by atoms with Crippen molar-refractivity contribution in [2.24, 2.45) is 0 Å². The van der Waals surface area contributed by atoms with Gasteiger partial charge in [0.05, 0.1) is 0 Å². The van der Waals surface area contributed by atoms with Crippen molar-refractivity contribution in [3.63, 3.8) is 0 Å². The molecule has 1 aromatic carbocycles. The molecule has 2 rings (SSSR count). The first-order chi connectivity index (χ1) is 7.31. The van der Waals surface area contributed by atoms with Gasteiger partial charge in [-0.3, -0.25) is 0 Å². The van der Waals surface area contributed by atoms with Gasteiger partial charge in [-0.05, 0) is 12.1 Å². The topological polar surface area (TPSA) is 21.7 Å². The summed E-state index contributed by atoms with van der Waals surface area (Å²) in [4.78, 5) is 2.14. The van der Waals surface area contributed by atoms with Crippen molar-refractivity contribution >= 4 is 18.3 Å². The molecular weight excluding hydrogens is 210 g/mol. The van der Waals surface area contributed by atoms with Crippen molar-refractivity contribution in [1.29, 1.82) is 0 Å². The lowest BCUT2D eigenvalue weighted by atomic mass is 10.2. The van der Waals surface area contributed by atoms with E-state index in [9.17, 15) is 0 Å². The maximum Gasteiger partial charge on any atom is 0.163 e. The Bertz CT molecular complexity index is 343. The molecule has 0 aromatic heterocycles. The zero-order valence-corrected chi connectivity index (χ0v) is 9.67. The number of benzene rings is 1. The molecule has 0 N–H and O–H groups in total. The van der Waals surface area contributed by atoms with Gasteiger partial charge in [-0.2, -0.15) is 12.6 Å². The van der Waals surface area contributed by atoms with Gasteiger partial charge in [0, 0.05) is 31.1 Å². The van der Waals surface area contributed by atoms with E-state index >= 15 is 0 Å². The van der Waals surface area contributed by atoms with Gasteiger partial charge in [-0.1, -0.05) is 0 Å². The van der Waals surface area contributed by atoms with Gasteiger partial charge in [-0.15, -0.1) is 0 Å². The lowest BCUT2D eigenvalue weighted by molar-refractivity contribution is 0.171. The van der Waals surface area contributed by atoms with Crippen LogP contribution < -0.4 is 14.4 Å². The van der Waals surface area contributed by atoms with E-state index in [4.69, 9.17) is 9.47 Å². The summed E-state index contributed by atoms with van der Waals surface area (Å²) in [5, 5.41) is 0. The fraction of sp³-hybridized carbons (Fsp3) is 0.455. The number of anilines is 1. The Kier molecular flexibility index (Phi) is 3.26. The first-order valence-electron chi connectivity index (χ1n) is 5.03. The average Bonchev–Trinajstić information content (AvgIpc) is 2.29. The molecule has 3 nitrogen and oxygen atoms in total. The fourth-order valence-electron chi connectivity index (χ4n) is 1.55. The van der Waals surface area contributed by atoms with E-state index in [1.54, 1.807) is 0 Å². The molecule has 0 spiro atoms. The number of hydrogen-bond donors (Lipinski definition) is 1. The molecule has 15 heavy (non-hydrogen) atoms. The van der Waals surface area contributed by atoms with Crippen LogP contribution in [0.15, 0.2) is 18.2 Å². The van der Waals surface area contributed by atoms with Crippen molar-refractivity contribution in [2.45, 2.75) is 0 Å². The van der Waals surface area contributed by atoms with Crippen LogP contribution in [0.1, 0.15) is 0 Å². The van der Waals surface area contributed by atoms with E-state index in [2.05, 4.69) is 17.5 Å². The lowest BCUT2D eigenvalue weighted by Gasteiger charge is -2.22. The van der Waals surface area contributed by atoms with Crippen molar-refractivity contribution in [3.05, 3.63) is 18.2 Å². The number of rotatable bonds is 3. The molecule has 82 valence electrons. The molecule has 0 saturated carbocycles. The van der Waals surface area contributed by atoms with Crippen LogP contribution in [-0.4, -0.2) is 32.6 Å². The Balaban J connectivity index is 2.20. The molecule has 0 bridgehead atoms. The second kappa shape index (κ2) is 4.66. The smallest absolute Gasteiger partial charge is 0.163 e. The third-order valence-electron chi connectivity index (χ3n) is 2.40. The van der Waals surface area contributed by atoms with E-state index < -0.39 is 0 Å². The minimum atomic E-state index is 0.632. The van der Waals surface area contributed by atoms with E-state index in [1.807, 2.05) is 25.2 Å². The highest BCUT2D eigenvalue weighted by atomic mass is 32.1.